The van der Waals surface area contributed by atoms with Gasteiger partial charge >= 0.3 is 0 Å². The van der Waals surface area contributed by atoms with Gasteiger partial charge in [0.2, 0.25) is 5.91 Å². The molecule has 0 unspecified atom stereocenters. The van der Waals surface area contributed by atoms with Crippen molar-refractivity contribution in [2.45, 2.75) is 19.8 Å². The molecule has 3 heteroatoms. The normalized spacial score (nSPS) is 9.50. The van der Waals surface area contributed by atoms with Gasteiger partial charge in [0.15, 0.2) is 0 Å². The van der Waals surface area contributed by atoms with Crippen LogP contribution in [0.25, 0.3) is 0 Å². The van der Waals surface area contributed by atoms with Gasteiger partial charge in [0.25, 0.3) is 0 Å². The van der Waals surface area contributed by atoms with Crippen molar-refractivity contribution in [2.75, 3.05) is 19.3 Å². The van der Waals surface area contributed by atoms with Gasteiger partial charge in [-0.3, -0.25) is 4.79 Å². The van der Waals surface area contributed by atoms with E-state index in [1.807, 2.05) is 7.05 Å². The van der Waals surface area contributed by atoms with Crippen LogP contribution in [0.3, 0.4) is 0 Å². The first-order valence-corrected chi connectivity index (χ1v) is 4.20. The van der Waals surface area contributed by atoms with Crippen LogP contribution in [0, 0.1) is 0 Å². The van der Waals surface area contributed by atoms with Crippen molar-refractivity contribution in [2.24, 2.45) is 0 Å². The quantitative estimate of drug-likeness (QED) is 0.614. The van der Waals surface area contributed by atoms with Crippen molar-refractivity contribution in [1.82, 2.24) is 4.90 Å². The summed E-state index contributed by atoms with van der Waals surface area (Å²) in [5, 5.41) is 0. The Morgan fingerprint density at radius 3 is 2.60 bits per heavy atom. The molecule has 0 aliphatic rings. The van der Waals surface area contributed by atoms with E-state index in [1.54, 1.807) is 4.90 Å². The third-order valence-electron chi connectivity index (χ3n) is 1.41. The highest BCUT2D eigenvalue weighted by Gasteiger charge is 2.03. The Morgan fingerprint density at radius 2 is 2.20 bits per heavy atom. The largest absolute Gasteiger partial charge is 0.345 e. The zero-order valence-corrected chi connectivity index (χ0v) is 7.53. The fraction of sp³-hybridized carbons (Fsp3) is 0.857. The molecule has 60 valence electrons. The van der Waals surface area contributed by atoms with Gasteiger partial charge in [0, 0.05) is 13.6 Å². The number of hydrogen-bond acceptors (Lipinski definition) is 2. The summed E-state index contributed by atoms with van der Waals surface area (Å²) in [6.45, 7) is 2.97. The molecule has 0 aromatic heterocycles. The van der Waals surface area contributed by atoms with Crippen LogP contribution >= 0.6 is 12.6 Å². The average Bonchev–Trinajstić information content (AvgIpc) is 1.98. The van der Waals surface area contributed by atoms with Crippen LogP contribution in [0.2, 0.25) is 0 Å². The van der Waals surface area contributed by atoms with Gasteiger partial charge in [-0.25, -0.2) is 0 Å². The summed E-state index contributed by atoms with van der Waals surface area (Å²) >= 11 is 3.89. The number of carbonyl (C=O) groups is 1. The van der Waals surface area contributed by atoms with E-state index in [9.17, 15) is 4.79 Å². The standard InChI is InChI=1S/C7H15NOS/c1-3-4-5-8(2)7(9)6-10/h10H,3-6H2,1-2H3. The minimum absolute atomic E-state index is 0.108. The third-order valence-corrected chi connectivity index (χ3v) is 1.68. The second-order valence-electron chi connectivity index (χ2n) is 2.33. The van der Waals surface area contributed by atoms with E-state index in [0.29, 0.717) is 5.75 Å². The Morgan fingerprint density at radius 1 is 1.60 bits per heavy atom. The van der Waals surface area contributed by atoms with Crippen molar-refractivity contribution in [3.8, 4) is 0 Å². The van der Waals surface area contributed by atoms with E-state index in [1.165, 1.54) is 0 Å². The Kier molecular flexibility index (Phi) is 5.49. The first-order chi connectivity index (χ1) is 4.72. The minimum Gasteiger partial charge on any atom is -0.345 e. The maximum Gasteiger partial charge on any atom is 0.232 e. The molecule has 0 fully saturated rings. The molecule has 0 radical (unpaired) electrons. The number of thiol groups is 1. The summed E-state index contributed by atoms with van der Waals surface area (Å²) in [6, 6.07) is 0. The van der Waals surface area contributed by atoms with Crippen LogP contribution in [0.15, 0.2) is 0 Å². The van der Waals surface area contributed by atoms with Crippen molar-refractivity contribution in [1.29, 1.82) is 0 Å². The molecule has 0 N–H and O–H groups in total. The van der Waals surface area contributed by atoms with E-state index in [-0.39, 0.29) is 5.91 Å². The van der Waals surface area contributed by atoms with Gasteiger partial charge in [0.05, 0.1) is 5.75 Å². The van der Waals surface area contributed by atoms with Gasteiger partial charge in [-0.05, 0) is 6.42 Å². The van der Waals surface area contributed by atoms with Crippen molar-refractivity contribution < 1.29 is 4.79 Å². The van der Waals surface area contributed by atoms with Crippen LogP contribution in [0.5, 0.6) is 0 Å². The lowest BCUT2D eigenvalue weighted by molar-refractivity contribution is -0.127. The highest BCUT2D eigenvalue weighted by molar-refractivity contribution is 7.81. The molecule has 10 heavy (non-hydrogen) atoms. The summed E-state index contributed by atoms with van der Waals surface area (Å²) in [6.07, 6.45) is 2.21. The van der Waals surface area contributed by atoms with Gasteiger partial charge in [0.1, 0.15) is 0 Å². The minimum atomic E-state index is 0.108. The van der Waals surface area contributed by atoms with Gasteiger partial charge < -0.3 is 4.90 Å². The molecule has 0 aliphatic carbocycles. The third kappa shape index (κ3) is 3.77. The number of nitrogens with zero attached hydrogens (tertiary/aromatic N) is 1. The molecule has 0 saturated heterocycles. The SMILES string of the molecule is CCCCN(C)C(=O)CS. The first-order valence-electron chi connectivity index (χ1n) is 3.57. The van der Waals surface area contributed by atoms with E-state index >= 15 is 0 Å². The summed E-state index contributed by atoms with van der Waals surface area (Å²) in [5.74, 6) is 0.428. The first kappa shape index (κ1) is 9.82. The summed E-state index contributed by atoms with van der Waals surface area (Å²) in [5.41, 5.74) is 0. The predicted molar refractivity (Wildman–Crippen MR) is 46.4 cm³/mol. The average molecular weight is 161 g/mol. The van der Waals surface area contributed by atoms with Crippen molar-refractivity contribution in [3.05, 3.63) is 0 Å². The van der Waals surface area contributed by atoms with Gasteiger partial charge in [-0.15, -0.1) is 0 Å². The topological polar surface area (TPSA) is 20.3 Å². The molecule has 0 aliphatic heterocycles. The molecule has 0 spiro atoms. The van der Waals surface area contributed by atoms with Crippen LogP contribution in [-0.2, 0) is 4.79 Å². The lowest BCUT2D eigenvalue weighted by Crippen LogP contribution is -2.28. The second-order valence-corrected chi connectivity index (χ2v) is 2.64. The number of rotatable bonds is 4. The Hall–Kier alpha value is -0.180. The molecule has 0 heterocycles. The molecule has 0 aromatic rings. The molecular weight excluding hydrogens is 146 g/mol. The Balaban J connectivity index is 3.41. The van der Waals surface area contributed by atoms with E-state index in [4.69, 9.17) is 0 Å². The molecule has 2 nitrogen and oxygen atoms in total. The zero-order valence-electron chi connectivity index (χ0n) is 6.63. The lowest BCUT2D eigenvalue weighted by atomic mass is 10.3. The number of amides is 1. The van der Waals surface area contributed by atoms with Crippen LogP contribution < -0.4 is 0 Å². The molecule has 0 saturated carbocycles. The predicted octanol–water partition coefficient (Wildman–Crippen LogP) is 1.17. The van der Waals surface area contributed by atoms with Gasteiger partial charge in [-0.2, -0.15) is 12.6 Å². The zero-order chi connectivity index (χ0) is 7.98. The molecular formula is C7H15NOS. The fourth-order valence-corrected chi connectivity index (χ4v) is 0.882. The Bertz CT molecular complexity index is 106. The van der Waals surface area contributed by atoms with Crippen LogP contribution in [0.1, 0.15) is 19.8 Å². The number of unbranched alkanes of at least 4 members (excludes halogenated alkanes) is 1. The van der Waals surface area contributed by atoms with Crippen molar-refractivity contribution in [3.63, 3.8) is 0 Å². The second kappa shape index (κ2) is 5.59. The number of carbonyl (C=O) groups excluding carboxylic acids is 1. The van der Waals surface area contributed by atoms with E-state index in [2.05, 4.69) is 19.6 Å². The Labute approximate surface area is 68.0 Å². The van der Waals surface area contributed by atoms with Crippen LogP contribution in [-0.4, -0.2) is 30.2 Å². The summed E-state index contributed by atoms with van der Waals surface area (Å²) in [7, 11) is 1.81. The molecule has 0 atom stereocenters. The molecule has 0 aromatic carbocycles. The smallest absolute Gasteiger partial charge is 0.232 e. The summed E-state index contributed by atoms with van der Waals surface area (Å²) < 4.78 is 0. The highest BCUT2D eigenvalue weighted by atomic mass is 32.1. The van der Waals surface area contributed by atoms with Crippen molar-refractivity contribution >= 4 is 18.5 Å². The summed E-state index contributed by atoms with van der Waals surface area (Å²) in [4.78, 5) is 12.6. The number of hydrogen-bond donors (Lipinski definition) is 1. The monoisotopic (exact) mass is 161 g/mol. The fourth-order valence-electron chi connectivity index (χ4n) is 0.641. The molecule has 0 rings (SSSR count). The molecule has 1 amide bonds. The van der Waals surface area contributed by atoms with E-state index < -0.39 is 0 Å². The maximum absolute atomic E-state index is 10.9. The van der Waals surface area contributed by atoms with Gasteiger partial charge in [-0.1, -0.05) is 13.3 Å². The van der Waals surface area contributed by atoms with E-state index in [0.717, 1.165) is 19.4 Å². The lowest BCUT2D eigenvalue weighted by Gasteiger charge is -2.14. The van der Waals surface area contributed by atoms with Crippen LogP contribution in [0.4, 0.5) is 0 Å². The highest BCUT2D eigenvalue weighted by Crippen LogP contribution is 1.92. The molecule has 0 bridgehead atoms. The maximum atomic E-state index is 10.9.